The van der Waals surface area contributed by atoms with Crippen LogP contribution in [0.1, 0.15) is 38.1 Å². The van der Waals surface area contributed by atoms with Gasteiger partial charge >= 0.3 is 0 Å². The number of ether oxygens (including phenoxy) is 1. The van der Waals surface area contributed by atoms with E-state index in [9.17, 15) is 4.79 Å². The van der Waals surface area contributed by atoms with Gasteiger partial charge in [0.05, 0.1) is 11.7 Å². The number of carbonyl (C=O) groups excluding carboxylic acids is 1. The topological polar surface area (TPSA) is 76.4 Å². The Hall–Kier alpha value is -1.40. The molecule has 1 atom stereocenters. The van der Waals surface area contributed by atoms with Crippen LogP contribution >= 0.6 is 0 Å². The largest absolute Gasteiger partial charge is 0.381 e. The minimum atomic E-state index is -0.496. The summed E-state index contributed by atoms with van der Waals surface area (Å²) in [6, 6.07) is 1.76. The van der Waals surface area contributed by atoms with Crippen LogP contribution in [-0.2, 0) is 15.1 Å². The number of nitrogens with one attached hydrogen (secondary N) is 2. The van der Waals surface area contributed by atoms with Crippen molar-refractivity contribution in [2.45, 2.75) is 45.2 Å². The molecule has 0 aliphatic carbocycles. The van der Waals surface area contributed by atoms with Gasteiger partial charge in [-0.15, -0.1) is 0 Å². The third-order valence-electron chi connectivity index (χ3n) is 4.61. The molecule has 6 heteroatoms. The molecule has 1 aromatic heterocycles. The Kier molecular flexibility index (Phi) is 3.53. The number of rotatable bonds is 3. The third-order valence-corrected chi connectivity index (χ3v) is 4.61. The molecule has 0 saturated carbocycles. The minimum Gasteiger partial charge on any atom is -0.381 e. The van der Waals surface area contributed by atoms with Gasteiger partial charge in [0, 0.05) is 44.1 Å². The van der Waals surface area contributed by atoms with Crippen LogP contribution in [0.5, 0.6) is 0 Å². The van der Waals surface area contributed by atoms with Gasteiger partial charge < -0.3 is 19.9 Å². The first-order valence-electron chi connectivity index (χ1n) is 7.50. The van der Waals surface area contributed by atoms with Crippen LogP contribution in [0.2, 0.25) is 0 Å². The van der Waals surface area contributed by atoms with Gasteiger partial charge in [0.1, 0.15) is 5.54 Å². The lowest BCUT2D eigenvalue weighted by atomic mass is 9.76. The molecule has 0 spiro atoms. The minimum absolute atomic E-state index is 0.00618. The molecule has 1 aromatic rings. The summed E-state index contributed by atoms with van der Waals surface area (Å²) in [5.41, 5.74) is 0.324. The van der Waals surface area contributed by atoms with Gasteiger partial charge in [0.15, 0.2) is 5.76 Å². The van der Waals surface area contributed by atoms with E-state index in [-0.39, 0.29) is 17.4 Å². The molecule has 0 aromatic carbocycles. The molecule has 3 rings (SSSR count). The molecular weight excluding hydrogens is 270 g/mol. The summed E-state index contributed by atoms with van der Waals surface area (Å²) in [5, 5.41) is 10.4. The van der Waals surface area contributed by atoms with Crippen molar-refractivity contribution >= 4 is 5.91 Å². The second-order valence-corrected chi connectivity index (χ2v) is 6.82. The molecule has 2 N–H and O–H groups in total. The van der Waals surface area contributed by atoms with E-state index < -0.39 is 5.54 Å². The van der Waals surface area contributed by atoms with Crippen LogP contribution in [0.3, 0.4) is 0 Å². The summed E-state index contributed by atoms with van der Waals surface area (Å²) in [5.74, 6) is 0.760. The van der Waals surface area contributed by atoms with Crippen LogP contribution in [0.4, 0.5) is 0 Å². The van der Waals surface area contributed by atoms with Gasteiger partial charge in [0.2, 0.25) is 5.91 Å². The SMILES string of the molecule is Cc1cc(C2(NC(=O)C3NCC3(C)C)CCOCC2)on1. The first-order valence-corrected chi connectivity index (χ1v) is 7.50. The summed E-state index contributed by atoms with van der Waals surface area (Å²) >= 11 is 0. The van der Waals surface area contributed by atoms with Crippen molar-refractivity contribution in [3.8, 4) is 0 Å². The van der Waals surface area contributed by atoms with E-state index in [0.717, 1.165) is 18.0 Å². The zero-order chi connectivity index (χ0) is 15.1. The summed E-state index contributed by atoms with van der Waals surface area (Å²) in [6.45, 7) is 8.18. The molecule has 2 fully saturated rings. The van der Waals surface area contributed by atoms with E-state index in [2.05, 4.69) is 29.6 Å². The number of hydrogen-bond acceptors (Lipinski definition) is 5. The molecule has 6 nitrogen and oxygen atoms in total. The predicted octanol–water partition coefficient (Wildman–Crippen LogP) is 1.10. The van der Waals surface area contributed by atoms with Gasteiger partial charge in [-0.25, -0.2) is 0 Å². The Labute approximate surface area is 124 Å². The van der Waals surface area contributed by atoms with Crippen molar-refractivity contribution in [3.05, 3.63) is 17.5 Å². The summed E-state index contributed by atoms with van der Waals surface area (Å²) in [7, 11) is 0. The number of carbonyl (C=O) groups is 1. The lowest BCUT2D eigenvalue weighted by molar-refractivity contribution is -0.133. The maximum absolute atomic E-state index is 12.6. The Morgan fingerprint density at radius 2 is 2.14 bits per heavy atom. The van der Waals surface area contributed by atoms with E-state index in [1.54, 1.807) is 0 Å². The monoisotopic (exact) mass is 293 g/mol. The number of aryl methyl sites for hydroxylation is 1. The van der Waals surface area contributed by atoms with E-state index >= 15 is 0 Å². The highest BCUT2D eigenvalue weighted by Crippen LogP contribution is 2.34. The van der Waals surface area contributed by atoms with E-state index in [0.29, 0.717) is 26.1 Å². The van der Waals surface area contributed by atoms with Crippen molar-refractivity contribution in [1.82, 2.24) is 15.8 Å². The Morgan fingerprint density at radius 3 is 2.62 bits per heavy atom. The highest BCUT2D eigenvalue weighted by Gasteiger charge is 2.47. The van der Waals surface area contributed by atoms with Crippen molar-refractivity contribution < 1.29 is 14.1 Å². The zero-order valence-electron chi connectivity index (χ0n) is 12.9. The molecular formula is C15H23N3O3. The van der Waals surface area contributed by atoms with Crippen molar-refractivity contribution in [2.75, 3.05) is 19.8 Å². The van der Waals surface area contributed by atoms with Gasteiger partial charge in [-0.1, -0.05) is 19.0 Å². The van der Waals surface area contributed by atoms with Crippen molar-refractivity contribution in [2.24, 2.45) is 5.41 Å². The average molecular weight is 293 g/mol. The molecule has 1 amide bonds. The first kappa shape index (κ1) is 14.5. The lowest BCUT2D eigenvalue weighted by Crippen LogP contribution is -2.67. The van der Waals surface area contributed by atoms with Crippen molar-refractivity contribution in [3.63, 3.8) is 0 Å². The van der Waals surface area contributed by atoms with Gasteiger partial charge in [-0.05, 0) is 6.92 Å². The molecule has 116 valence electrons. The van der Waals surface area contributed by atoms with Crippen LogP contribution in [0.25, 0.3) is 0 Å². The zero-order valence-corrected chi connectivity index (χ0v) is 12.9. The Morgan fingerprint density at radius 1 is 1.43 bits per heavy atom. The molecule has 1 unspecified atom stereocenters. The predicted molar refractivity (Wildman–Crippen MR) is 76.7 cm³/mol. The standard InChI is InChI=1S/C15H23N3O3/c1-10-8-11(21-18-10)15(4-6-20-7-5-15)17-13(19)12-14(2,3)9-16-12/h8,12,16H,4-7,9H2,1-3H3,(H,17,19). The van der Waals surface area contributed by atoms with Crippen LogP contribution in [0.15, 0.2) is 10.6 Å². The highest BCUT2D eigenvalue weighted by atomic mass is 16.5. The van der Waals surface area contributed by atoms with Gasteiger partial charge in [-0.2, -0.15) is 0 Å². The second kappa shape index (κ2) is 5.10. The smallest absolute Gasteiger partial charge is 0.238 e. The van der Waals surface area contributed by atoms with E-state index in [4.69, 9.17) is 9.26 Å². The maximum atomic E-state index is 12.6. The molecule has 0 bridgehead atoms. The molecule has 3 heterocycles. The van der Waals surface area contributed by atoms with Crippen LogP contribution in [-0.4, -0.2) is 36.9 Å². The summed E-state index contributed by atoms with van der Waals surface area (Å²) < 4.78 is 10.9. The number of amides is 1. The summed E-state index contributed by atoms with van der Waals surface area (Å²) in [6.07, 6.45) is 1.42. The fourth-order valence-corrected chi connectivity index (χ4v) is 3.11. The molecule has 2 saturated heterocycles. The number of nitrogens with zero attached hydrogens (tertiary/aromatic N) is 1. The lowest BCUT2D eigenvalue weighted by Gasteiger charge is -2.46. The fraction of sp³-hybridized carbons (Fsp3) is 0.733. The quantitative estimate of drug-likeness (QED) is 0.873. The van der Waals surface area contributed by atoms with E-state index in [1.165, 1.54) is 0 Å². The molecule has 2 aliphatic heterocycles. The average Bonchev–Trinajstić information content (AvgIpc) is 2.86. The molecule has 21 heavy (non-hydrogen) atoms. The number of aromatic nitrogens is 1. The fourth-order valence-electron chi connectivity index (χ4n) is 3.11. The van der Waals surface area contributed by atoms with Crippen LogP contribution in [0, 0.1) is 12.3 Å². The Bertz CT molecular complexity index is 532. The molecule has 2 aliphatic rings. The normalized spacial score (nSPS) is 26.9. The second-order valence-electron chi connectivity index (χ2n) is 6.82. The summed E-state index contributed by atoms with van der Waals surface area (Å²) in [4.78, 5) is 12.6. The third kappa shape index (κ3) is 2.58. The highest BCUT2D eigenvalue weighted by molar-refractivity contribution is 5.84. The number of hydrogen-bond donors (Lipinski definition) is 2. The first-order chi connectivity index (χ1) is 9.93. The van der Waals surface area contributed by atoms with E-state index in [1.807, 2.05) is 13.0 Å². The maximum Gasteiger partial charge on any atom is 0.238 e. The van der Waals surface area contributed by atoms with Crippen LogP contribution < -0.4 is 10.6 Å². The molecule has 0 radical (unpaired) electrons. The Balaban J connectivity index is 1.81. The van der Waals surface area contributed by atoms with Gasteiger partial charge in [0.25, 0.3) is 0 Å². The van der Waals surface area contributed by atoms with Crippen molar-refractivity contribution in [1.29, 1.82) is 0 Å². The van der Waals surface area contributed by atoms with Gasteiger partial charge in [-0.3, -0.25) is 4.79 Å².